The van der Waals surface area contributed by atoms with E-state index in [1.807, 2.05) is 0 Å². The van der Waals surface area contributed by atoms with Gasteiger partial charge in [0, 0.05) is 6.42 Å². The van der Waals surface area contributed by atoms with E-state index < -0.39 is 17.7 Å². The molecular formula is C8H10F3NO2. The molecule has 0 amide bonds. The van der Waals surface area contributed by atoms with E-state index in [0.717, 1.165) is 6.07 Å². The normalized spacial score (nSPS) is 15.4. The summed E-state index contributed by atoms with van der Waals surface area (Å²) in [5, 5.41) is 8.29. The maximum absolute atomic E-state index is 12.2. The summed E-state index contributed by atoms with van der Waals surface area (Å²) >= 11 is 0. The molecule has 1 atom stereocenters. The molecule has 0 saturated heterocycles. The van der Waals surface area contributed by atoms with Crippen molar-refractivity contribution in [3.05, 3.63) is 0 Å². The highest BCUT2D eigenvalue weighted by molar-refractivity contribution is 5.70. The lowest BCUT2D eigenvalue weighted by atomic mass is 10.1. The average molecular weight is 209 g/mol. The molecule has 0 aliphatic rings. The summed E-state index contributed by atoms with van der Waals surface area (Å²) in [6.07, 6.45) is -4.63. The predicted octanol–water partition coefficient (Wildman–Crippen LogP) is 2.17. The van der Waals surface area contributed by atoms with E-state index >= 15 is 0 Å². The second-order valence-electron chi connectivity index (χ2n) is 2.87. The van der Waals surface area contributed by atoms with Crippen LogP contribution in [-0.4, -0.2) is 17.7 Å². The molecule has 3 nitrogen and oxygen atoms in total. The van der Waals surface area contributed by atoms with Crippen LogP contribution in [0.4, 0.5) is 13.2 Å². The van der Waals surface area contributed by atoms with E-state index in [9.17, 15) is 18.0 Å². The maximum Gasteiger partial charge on any atom is 0.442 e. The Kier molecular flexibility index (Phi) is 3.93. The number of halogens is 3. The van der Waals surface area contributed by atoms with Crippen LogP contribution in [0.2, 0.25) is 0 Å². The molecule has 0 aromatic heterocycles. The zero-order valence-electron chi connectivity index (χ0n) is 7.81. The van der Waals surface area contributed by atoms with Gasteiger partial charge in [-0.1, -0.05) is 6.92 Å². The molecule has 0 radical (unpaired) electrons. The van der Waals surface area contributed by atoms with Crippen molar-refractivity contribution in [2.45, 2.75) is 38.5 Å². The van der Waals surface area contributed by atoms with E-state index in [-0.39, 0.29) is 6.42 Å². The first-order valence-corrected chi connectivity index (χ1v) is 3.96. The zero-order valence-corrected chi connectivity index (χ0v) is 7.81. The summed E-state index contributed by atoms with van der Waals surface area (Å²) in [5.74, 6) is -1.02. The van der Waals surface area contributed by atoms with Gasteiger partial charge in [-0.3, -0.25) is 4.79 Å². The standard InChI is InChI=1S/C8H10F3NO2/c1-3-4-6(13)14-7(2,5-12)8(9,10)11/h3-4H2,1-2H3/t7-/m1/s1. The van der Waals surface area contributed by atoms with Gasteiger partial charge in [0.05, 0.1) is 0 Å². The molecule has 0 aromatic carbocycles. The maximum atomic E-state index is 12.2. The van der Waals surface area contributed by atoms with Crippen LogP contribution in [0.15, 0.2) is 0 Å². The highest BCUT2D eigenvalue weighted by Crippen LogP contribution is 2.33. The number of carbonyl (C=O) groups is 1. The van der Waals surface area contributed by atoms with Gasteiger partial charge in [-0.2, -0.15) is 18.4 Å². The molecule has 0 unspecified atom stereocenters. The van der Waals surface area contributed by atoms with Crippen molar-refractivity contribution >= 4 is 5.97 Å². The topological polar surface area (TPSA) is 50.1 Å². The minimum absolute atomic E-state index is 0.132. The SMILES string of the molecule is CCCC(=O)O[C@](C)(C#N)C(F)(F)F. The van der Waals surface area contributed by atoms with E-state index in [1.54, 1.807) is 6.92 Å². The lowest BCUT2D eigenvalue weighted by molar-refractivity contribution is -0.243. The lowest BCUT2D eigenvalue weighted by Gasteiger charge is -2.24. The summed E-state index contributed by atoms with van der Waals surface area (Å²) in [7, 11) is 0. The second kappa shape index (κ2) is 4.31. The van der Waals surface area contributed by atoms with Crippen LogP contribution in [0.1, 0.15) is 26.7 Å². The first-order chi connectivity index (χ1) is 6.27. The molecule has 80 valence electrons. The molecule has 0 aromatic rings. The van der Waals surface area contributed by atoms with Crippen LogP contribution in [0.5, 0.6) is 0 Å². The summed E-state index contributed by atoms with van der Waals surface area (Å²) in [5.41, 5.74) is -3.04. The van der Waals surface area contributed by atoms with Crippen molar-refractivity contribution in [2.75, 3.05) is 0 Å². The Morgan fingerprint density at radius 3 is 2.29 bits per heavy atom. The monoisotopic (exact) mass is 209 g/mol. The number of esters is 1. The number of nitrogens with zero attached hydrogens (tertiary/aromatic N) is 1. The molecule has 14 heavy (non-hydrogen) atoms. The molecule has 0 fully saturated rings. The van der Waals surface area contributed by atoms with Crippen molar-refractivity contribution < 1.29 is 22.7 Å². The fourth-order valence-corrected chi connectivity index (χ4v) is 0.627. The van der Waals surface area contributed by atoms with Gasteiger partial charge in [-0.25, -0.2) is 0 Å². The van der Waals surface area contributed by atoms with Crippen molar-refractivity contribution in [1.82, 2.24) is 0 Å². The van der Waals surface area contributed by atoms with Crippen LogP contribution in [-0.2, 0) is 9.53 Å². The molecule has 0 rings (SSSR count). The Morgan fingerprint density at radius 2 is 2.00 bits per heavy atom. The molecule has 6 heteroatoms. The molecule has 0 aliphatic heterocycles. The Bertz CT molecular complexity index is 256. The van der Waals surface area contributed by atoms with E-state index in [1.165, 1.54) is 0 Å². The lowest BCUT2D eigenvalue weighted by Crippen LogP contribution is -2.45. The summed E-state index contributed by atoms with van der Waals surface area (Å²) in [6, 6.07) is 0.940. The molecule has 0 saturated carbocycles. The number of carbonyl (C=O) groups excluding carboxylic acids is 1. The fraction of sp³-hybridized carbons (Fsp3) is 0.750. The molecule has 0 aliphatic carbocycles. The minimum Gasteiger partial charge on any atom is -0.434 e. The van der Waals surface area contributed by atoms with Gasteiger partial charge in [0.2, 0.25) is 0 Å². The molecule has 0 heterocycles. The van der Waals surface area contributed by atoms with Crippen molar-refractivity contribution in [3.8, 4) is 6.07 Å². The smallest absolute Gasteiger partial charge is 0.434 e. The largest absolute Gasteiger partial charge is 0.442 e. The first kappa shape index (κ1) is 12.8. The Hall–Kier alpha value is -1.25. The van der Waals surface area contributed by atoms with Gasteiger partial charge in [0.1, 0.15) is 6.07 Å². The molecule has 0 N–H and O–H groups in total. The van der Waals surface area contributed by atoms with Crippen LogP contribution < -0.4 is 0 Å². The Labute approximate surface area is 79.5 Å². The van der Waals surface area contributed by atoms with Gasteiger partial charge in [-0.05, 0) is 13.3 Å². The number of alkyl halides is 3. The van der Waals surface area contributed by atoms with E-state index in [2.05, 4.69) is 4.74 Å². The van der Waals surface area contributed by atoms with E-state index in [0.29, 0.717) is 13.3 Å². The van der Waals surface area contributed by atoms with Crippen LogP contribution in [0, 0.1) is 11.3 Å². The third-order valence-corrected chi connectivity index (χ3v) is 1.53. The van der Waals surface area contributed by atoms with Crippen molar-refractivity contribution in [3.63, 3.8) is 0 Å². The number of hydrogen-bond donors (Lipinski definition) is 0. The van der Waals surface area contributed by atoms with Gasteiger partial charge >= 0.3 is 12.1 Å². The van der Waals surface area contributed by atoms with Crippen molar-refractivity contribution in [2.24, 2.45) is 0 Å². The predicted molar refractivity (Wildman–Crippen MR) is 41.1 cm³/mol. The average Bonchev–Trinajstić information content (AvgIpc) is 2.02. The quantitative estimate of drug-likeness (QED) is 0.669. The van der Waals surface area contributed by atoms with Gasteiger partial charge < -0.3 is 4.74 Å². The second-order valence-corrected chi connectivity index (χ2v) is 2.87. The Balaban J connectivity index is 4.60. The number of rotatable bonds is 3. The van der Waals surface area contributed by atoms with Gasteiger partial charge in [-0.15, -0.1) is 0 Å². The fourth-order valence-electron chi connectivity index (χ4n) is 0.627. The summed E-state index contributed by atoms with van der Waals surface area (Å²) in [4.78, 5) is 10.8. The highest BCUT2D eigenvalue weighted by Gasteiger charge is 2.55. The summed E-state index contributed by atoms with van der Waals surface area (Å²) in [6.45, 7) is 2.15. The van der Waals surface area contributed by atoms with Gasteiger partial charge in [0.15, 0.2) is 0 Å². The highest BCUT2D eigenvalue weighted by atomic mass is 19.4. The zero-order chi connectivity index (χ0) is 11.4. The van der Waals surface area contributed by atoms with Crippen molar-refractivity contribution in [1.29, 1.82) is 5.26 Å². The van der Waals surface area contributed by atoms with Crippen LogP contribution in [0.25, 0.3) is 0 Å². The number of nitriles is 1. The van der Waals surface area contributed by atoms with E-state index in [4.69, 9.17) is 5.26 Å². The summed E-state index contributed by atoms with van der Waals surface area (Å²) < 4.78 is 40.7. The number of ether oxygens (including phenoxy) is 1. The molecule has 0 bridgehead atoms. The third kappa shape index (κ3) is 2.91. The van der Waals surface area contributed by atoms with Crippen LogP contribution >= 0.6 is 0 Å². The number of hydrogen-bond acceptors (Lipinski definition) is 3. The van der Waals surface area contributed by atoms with Crippen LogP contribution in [0.3, 0.4) is 0 Å². The first-order valence-electron chi connectivity index (χ1n) is 3.96. The Morgan fingerprint density at radius 1 is 1.50 bits per heavy atom. The molecular weight excluding hydrogens is 199 g/mol. The minimum atomic E-state index is -4.87. The van der Waals surface area contributed by atoms with Gasteiger partial charge in [0.25, 0.3) is 5.60 Å². The molecule has 0 spiro atoms. The third-order valence-electron chi connectivity index (χ3n) is 1.53.